The van der Waals surface area contributed by atoms with Gasteiger partial charge in [-0.25, -0.2) is 0 Å². The maximum absolute atomic E-state index is 5.45. The fourth-order valence-electron chi connectivity index (χ4n) is 1.25. The summed E-state index contributed by atoms with van der Waals surface area (Å²) in [4.78, 5) is 0. The van der Waals surface area contributed by atoms with Crippen LogP contribution in [0.25, 0.3) is 0 Å². The first-order valence-corrected chi connectivity index (χ1v) is 6.43. The molecule has 0 aliphatic carbocycles. The Hall–Kier alpha value is 0.130. The molecule has 0 aromatic rings. The molecule has 0 bridgehead atoms. The summed E-state index contributed by atoms with van der Waals surface area (Å²) in [6.07, 6.45) is 5.45. The van der Waals surface area contributed by atoms with E-state index in [9.17, 15) is 0 Å². The van der Waals surface area contributed by atoms with Crippen LogP contribution >= 0.6 is 0 Å². The van der Waals surface area contributed by atoms with Crippen molar-refractivity contribution in [3.8, 4) is 0 Å². The van der Waals surface area contributed by atoms with Crippen molar-refractivity contribution in [2.75, 3.05) is 0 Å². The van der Waals surface area contributed by atoms with E-state index in [4.69, 9.17) is 15.7 Å². The van der Waals surface area contributed by atoms with Crippen LogP contribution in [0.1, 0.15) is 53.9 Å². The van der Waals surface area contributed by atoms with Crippen molar-refractivity contribution >= 4 is 15.7 Å². The maximum Gasteiger partial charge on any atom is 0.0656 e. The fourth-order valence-corrected chi connectivity index (χ4v) is 1.25. The van der Waals surface area contributed by atoms with Gasteiger partial charge < -0.3 is 0 Å². The summed E-state index contributed by atoms with van der Waals surface area (Å²) >= 11 is 0. The van der Waals surface area contributed by atoms with E-state index in [-0.39, 0.29) is 0 Å². The lowest BCUT2D eigenvalue weighted by Crippen LogP contribution is -2.05. The SMILES string of the molecule is [B]CC(C)C(C)CC.[B]CC(C)CCC. The molecule has 15 heavy (non-hydrogen) atoms. The van der Waals surface area contributed by atoms with Gasteiger partial charge in [0.15, 0.2) is 0 Å². The van der Waals surface area contributed by atoms with Crippen molar-refractivity contribution in [2.24, 2.45) is 17.8 Å². The number of hydrogen-bond donors (Lipinski definition) is 0. The Labute approximate surface area is 100 Å². The lowest BCUT2D eigenvalue weighted by Gasteiger charge is -2.15. The van der Waals surface area contributed by atoms with E-state index in [0.717, 1.165) is 24.5 Å². The molecule has 0 aliphatic heterocycles. The second kappa shape index (κ2) is 12.2. The van der Waals surface area contributed by atoms with Crippen molar-refractivity contribution in [2.45, 2.75) is 66.5 Å². The molecule has 0 amide bonds. The predicted octanol–water partition coefficient (Wildman–Crippen LogP) is 4.26. The molecule has 4 radical (unpaired) electrons. The summed E-state index contributed by atoms with van der Waals surface area (Å²) in [7, 11) is 10.8. The van der Waals surface area contributed by atoms with Crippen LogP contribution in [0.15, 0.2) is 0 Å². The highest BCUT2D eigenvalue weighted by molar-refractivity contribution is 6.08. The van der Waals surface area contributed by atoms with Gasteiger partial charge in [0.2, 0.25) is 0 Å². The quantitative estimate of drug-likeness (QED) is 0.569. The van der Waals surface area contributed by atoms with Gasteiger partial charge in [-0.2, -0.15) is 0 Å². The van der Waals surface area contributed by atoms with Crippen LogP contribution in [0.5, 0.6) is 0 Å². The van der Waals surface area contributed by atoms with E-state index in [1.807, 2.05) is 0 Å². The molecule has 0 spiro atoms. The van der Waals surface area contributed by atoms with E-state index >= 15 is 0 Å². The van der Waals surface area contributed by atoms with E-state index in [1.54, 1.807) is 0 Å². The molecule has 0 N–H and O–H groups in total. The first kappa shape index (κ1) is 17.5. The highest BCUT2D eigenvalue weighted by Crippen LogP contribution is 2.16. The molecule has 86 valence electrons. The van der Waals surface area contributed by atoms with E-state index in [2.05, 4.69) is 34.6 Å². The lowest BCUT2D eigenvalue weighted by molar-refractivity contribution is 0.408. The van der Waals surface area contributed by atoms with Crippen molar-refractivity contribution in [3.63, 3.8) is 0 Å². The molecule has 0 aromatic heterocycles. The van der Waals surface area contributed by atoms with Gasteiger partial charge in [0, 0.05) is 0 Å². The minimum absolute atomic E-state index is 0.694. The Balaban J connectivity index is 0. The van der Waals surface area contributed by atoms with Crippen LogP contribution in [0, 0.1) is 17.8 Å². The van der Waals surface area contributed by atoms with Gasteiger partial charge in [-0.1, -0.05) is 72.4 Å². The highest BCUT2D eigenvalue weighted by Gasteiger charge is 2.05. The van der Waals surface area contributed by atoms with Crippen LogP contribution < -0.4 is 0 Å². The zero-order chi connectivity index (χ0) is 12.3. The van der Waals surface area contributed by atoms with Crippen molar-refractivity contribution in [1.82, 2.24) is 0 Å². The average molecular weight is 206 g/mol. The first-order chi connectivity index (χ1) is 7.03. The highest BCUT2D eigenvalue weighted by atomic mass is 14.1. The van der Waals surface area contributed by atoms with Crippen molar-refractivity contribution < 1.29 is 0 Å². The standard InChI is InChI=1S/C7H15B.C6H13B/c1-4-6(2)7(3)5-8;1-3-4-6(2)5-7/h6-7H,4-5H2,1-3H3;6H,3-5H2,1-2H3. The third-order valence-corrected chi connectivity index (χ3v) is 3.17. The minimum atomic E-state index is 0.694. The molecule has 0 saturated carbocycles. The molecular formula is C13H28B2. The molecular weight excluding hydrogens is 178 g/mol. The molecule has 2 heteroatoms. The molecule has 0 aromatic carbocycles. The molecule has 0 saturated heterocycles. The largest absolute Gasteiger partial charge is 0.0862 e. The summed E-state index contributed by atoms with van der Waals surface area (Å²) in [6, 6.07) is 0. The van der Waals surface area contributed by atoms with Gasteiger partial charge in [-0.15, -0.1) is 0 Å². The average Bonchev–Trinajstić information content (AvgIpc) is 2.27. The van der Waals surface area contributed by atoms with Gasteiger partial charge >= 0.3 is 0 Å². The molecule has 0 fully saturated rings. The van der Waals surface area contributed by atoms with E-state index in [1.165, 1.54) is 19.3 Å². The Morgan fingerprint density at radius 3 is 1.53 bits per heavy atom. The molecule has 0 nitrogen and oxygen atoms in total. The van der Waals surface area contributed by atoms with Crippen LogP contribution in [-0.2, 0) is 0 Å². The van der Waals surface area contributed by atoms with Crippen LogP contribution in [-0.4, -0.2) is 15.7 Å². The summed E-state index contributed by atoms with van der Waals surface area (Å²) < 4.78 is 0. The van der Waals surface area contributed by atoms with E-state index in [0.29, 0.717) is 5.92 Å². The maximum atomic E-state index is 5.45. The van der Waals surface area contributed by atoms with Gasteiger partial charge in [-0.05, 0) is 11.8 Å². The normalized spacial score (nSPS) is 16.1. The summed E-state index contributed by atoms with van der Waals surface area (Å²) in [6.45, 7) is 11.0. The fraction of sp³-hybridized carbons (Fsp3) is 1.00. The third kappa shape index (κ3) is 12.1. The Morgan fingerprint density at radius 1 is 0.867 bits per heavy atom. The summed E-state index contributed by atoms with van der Waals surface area (Å²) in [5.74, 6) is 2.21. The first-order valence-electron chi connectivity index (χ1n) is 6.43. The van der Waals surface area contributed by atoms with Crippen LogP contribution in [0.4, 0.5) is 0 Å². The Morgan fingerprint density at radius 2 is 1.40 bits per heavy atom. The molecule has 0 rings (SSSR count). The van der Waals surface area contributed by atoms with Crippen LogP contribution in [0.2, 0.25) is 12.6 Å². The molecule has 0 heterocycles. The lowest BCUT2D eigenvalue weighted by atomic mass is 9.83. The smallest absolute Gasteiger partial charge is 0.0656 e. The molecule has 3 unspecified atom stereocenters. The number of rotatable bonds is 6. The monoisotopic (exact) mass is 206 g/mol. The topological polar surface area (TPSA) is 0 Å². The zero-order valence-electron chi connectivity index (χ0n) is 11.4. The minimum Gasteiger partial charge on any atom is -0.0862 e. The number of hydrogen-bond acceptors (Lipinski definition) is 0. The third-order valence-electron chi connectivity index (χ3n) is 3.17. The van der Waals surface area contributed by atoms with Gasteiger partial charge in [0.1, 0.15) is 0 Å². The van der Waals surface area contributed by atoms with Crippen LogP contribution in [0.3, 0.4) is 0 Å². The second-order valence-corrected chi connectivity index (χ2v) is 4.73. The van der Waals surface area contributed by atoms with E-state index < -0.39 is 0 Å². The zero-order valence-corrected chi connectivity index (χ0v) is 11.4. The molecule has 0 aliphatic rings. The summed E-state index contributed by atoms with van der Waals surface area (Å²) in [5.41, 5.74) is 0. The summed E-state index contributed by atoms with van der Waals surface area (Å²) in [5, 5.41) is 0. The Bertz CT molecular complexity index is 107. The van der Waals surface area contributed by atoms with Gasteiger partial charge in [0.25, 0.3) is 0 Å². The van der Waals surface area contributed by atoms with Gasteiger partial charge in [0.05, 0.1) is 15.7 Å². The Kier molecular flexibility index (Phi) is 14.3. The van der Waals surface area contributed by atoms with Crippen molar-refractivity contribution in [1.29, 1.82) is 0 Å². The molecule has 3 atom stereocenters. The van der Waals surface area contributed by atoms with Crippen molar-refractivity contribution in [3.05, 3.63) is 0 Å². The predicted molar refractivity (Wildman–Crippen MR) is 73.8 cm³/mol. The second-order valence-electron chi connectivity index (χ2n) is 4.73. The van der Waals surface area contributed by atoms with Gasteiger partial charge in [-0.3, -0.25) is 0 Å².